The number of rotatable bonds is 2. The van der Waals surface area contributed by atoms with E-state index >= 15 is 0 Å². The molecule has 2 aromatic rings. The molecule has 0 saturated carbocycles. The lowest BCUT2D eigenvalue weighted by molar-refractivity contribution is -0.693. The zero-order valence-electron chi connectivity index (χ0n) is 7.73. The molecule has 0 amide bonds. The molecule has 15 heavy (non-hydrogen) atoms. The van der Waals surface area contributed by atoms with Gasteiger partial charge in [0.15, 0.2) is 0 Å². The Bertz CT molecular complexity index is 484. The lowest BCUT2D eigenvalue weighted by Gasteiger charge is -2.04. The maximum Gasteiger partial charge on any atom is 0.209 e. The van der Waals surface area contributed by atoms with Gasteiger partial charge in [-0.2, -0.15) is 0 Å². The van der Waals surface area contributed by atoms with Gasteiger partial charge in [-0.3, -0.25) is 0 Å². The van der Waals surface area contributed by atoms with E-state index in [2.05, 4.69) is 0 Å². The van der Waals surface area contributed by atoms with Gasteiger partial charge >= 0.3 is 0 Å². The highest BCUT2D eigenvalue weighted by Gasteiger charge is 2.05. The Balaban J connectivity index is 2.25. The van der Waals surface area contributed by atoms with E-state index in [1.807, 2.05) is 0 Å². The SMILES string of the molecule is [O-][n+]1cccn1Cc1ccc(Cl)c(F)c1. The van der Waals surface area contributed by atoms with E-state index in [0.29, 0.717) is 17.0 Å². The van der Waals surface area contributed by atoms with Gasteiger partial charge in [-0.05, 0) is 17.7 Å². The first-order valence-corrected chi connectivity index (χ1v) is 4.73. The number of benzene rings is 1. The van der Waals surface area contributed by atoms with Crippen molar-refractivity contribution in [3.8, 4) is 0 Å². The van der Waals surface area contributed by atoms with Crippen molar-refractivity contribution >= 4 is 11.6 Å². The second-order valence-corrected chi connectivity index (χ2v) is 3.55. The summed E-state index contributed by atoms with van der Waals surface area (Å²) in [5.74, 6) is -0.473. The Kier molecular flexibility index (Phi) is 2.60. The third kappa shape index (κ3) is 2.10. The molecule has 0 aliphatic carbocycles. The van der Waals surface area contributed by atoms with Crippen molar-refractivity contribution in [2.75, 3.05) is 0 Å². The molecule has 0 N–H and O–H groups in total. The Morgan fingerprint density at radius 1 is 1.47 bits per heavy atom. The molecular formula is C10H8ClFN2O. The minimum Gasteiger partial charge on any atom is -0.596 e. The van der Waals surface area contributed by atoms with Crippen molar-refractivity contribution in [1.82, 2.24) is 4.68 Å². The molecule has 0 spiro atoms. The predicted octanol–water partition coefficient (Wildman–Crippen LogP) is 1.96. The first kappa shape index (κ1) is 9.98. The van der Waals surface area contributed by atoms with Crippen LogP contribution in [0.2, 0.25) is 5.02 Å². The van der Waals surface area contributed by atoms with Crippen LogP contribution in [0.3, 0.4) is 0 Å². The molecule has 0 aliphatic rings. The lowest BCUT2D eigenvalue weighted by atomic mass is 10.2. The highest BCUT2D eigenvalue weighted by atomic mass is 35.5. The average Bonchev–Trinajstić information content (AvgIpc) is 2.59. The van der Waals surface area contributed by atoms with Gasteiger partial charge in [0.25, 0.3) is 0 Å². The summed E-state index contributed by atoms with van der Waals surface area (Å²) in [7, 11) is 0. The van der Waals surface area contributed by atoms with Gasteiger partial charge in [0.05, 0.1) is 11.2 Å². The van der Waals surface area contributed by atoms with E-state index < -0.39 is 5.82 Å². The molecule has 0 aliphatic heterocycles. The first-order chi connectivity index (χ1) is 7.16. The van der Waals surface area contributed by atoms with Gasteiger partial charge in [-0.15, -0.1) is 4.68 Å². The fourth-order valence-electron chi connectivity index (χ4n) is 1.31. The van der Waals surface area contributed by atoms with Crippen molar-refractivity contribution < 1.29 is 9.24 Å². The number of nitrogens with zero attached hydrogens (tertiary/aromatic N) is 2. The van der Waals surface area contributed by atoms with Crippen molar-refractivity contribution in [1.29, 1.82) is 0 Å². The molecule has 0 unspecified atom stereocenters. The molecule has 1 aromatic carbocycles. The first-order valence-electron chi connectivity index (χ1n) is 4.35. The molecule has 0 bridgehead atoms. The zero-order valence-corrected chi connectivity index (χ0v) is 8.49. The van der Waals surface area contributed by atoms with Crippen LogP contribution >= 0.6 is 11.6 Å². The van der Waals surface area contributed by atoms with Crippen LogP contribution in [-0.4, -0.2) is 4.68 Å². The molecule has 0 saturated heterocycles. The standard InChI is InChI=1S/C10H8ClFN2O/c11-9-3-2-8(6-10(9)12)7-13-4-1-5-14(13)15/h1-6H,7H2. The van der Waals surface area contributed by atoms with Gasteiger partial charge in [-0.1, -0.05) is 22.5 Å². The van der Waals surface area contributed by atoms with Crippen LogP contribution in [0.4, 0.5) is 4.39 Å². The van der Waals surface area contributed by atoms with Crippen LogP contribution in [0.25, 0.3) is 0 Å². The normalized spacial score (nSPS) is 10.5. The van der Waals surface area contributed by atoms with E-state index in [0.717, 1.165) is 0 Å². The van der Waals surface area contributed by atoms with Crippen molar-refractivity contribution in [2.24, 2.45) is 0 Å². The Morgan fingerprint density at radius 3 is 2.87 bits per heavy atom. The fraction of sp³-hybridized carbons (Fsp3) is 0.100. The molecule has 5 heteroatoms. The van der Waals surface area contributed by atoms with Gasteiger partial charge in [-0.25, -0.2) is 4.39 Å². The summed E-state index contributed by atoms with van der Waals surface area (Å²) < 4.78 is 14.5. The van der Waals surface area contributed by atoms with Crippen LogP contribution in [0.15, 0.2) is 36.7 Å². The third-order valence-corrected chi connectivity index (χ3v) is 2.36. The number of aromatic nitrogens is 2. The number of hydrogen-bond donors (Lipinski definition) is 0. The van der Waals surface area contributed by atoms with E-state index in [-0.39, 0.29) is 5.02 Å². The molecule has 0 fully saturated rings. The Labute approximate surface area is 90.9 Å². The molecule has 2 rings (SSSR count). The molecule has 78 valence electrons. The summed E-state index contributed by atoms with van der Waals surface area (Å²) in [4.78, 5) is 0.687. The van der Waals surface area contributed by atoms with E-state index in [4.69, 9.17) is 11.6 Å². The van der Waals surface area contributed by atoms with Gasteiger partial charge in [0, 0.05) is 6.07 Å². The van der Waals surface area contributed by atoms with Crippen molar-refractivity contribution in [2.45, 2.75) is 6.54 Å². The second-order valence-electron chi connectivity index (χ2n) is 3.14. The van der Waals surface area contributed by atoms with Gasteiger partial charge in [0.1, 0.15) is 12.4 Å². The summed E-state index contributed by atoms with van der Waals surface area (Å²) in [5, 5.41) is 11.2. The highest BCUT2D eigenvalue weighted by Crippen LogP contribution is 2.15. The summed E-state index contributed by atoms with van der Waals surface area (Å²) in [5.41, 5.74) is 0.692. The smallest absolute Gasteiger partial charge is 0.209 e. The molecule has 1 aromatic heterocycles. The topological polar surface area (TPSA) is 31.9 Å². The monoisotopic (exact) mass is 226 g/mol. The molecule has 0 atom stereocenters. The highest BCUT2D eigenvalue weighted by molar-refractivity contribution is 6.30. The average molecular weight is 227 g/mol. The number of hydrogen-bond acceptors (Lipinski definition) is 1. The van der Waals surface area contributed by atoms with Crippen LogP contribution in [0, 0.1) is 11.0 Å². The minimum absolute atomic E-state index is 0.0845. The van der Waals surface area contributed by atoms with Crippen LogP contribution in [-0.2, 0) is 6.54 Å². The molecule has 0 radical (unpaired) electrons. The van der Waals surface area contributed by atoms with E-state index in [1.54, 1.807) is 18.3 Å². The quantitative estimate of drug-likeness (QED) is 0.569. The molecule has 1 heterocycles. The maximum atomic E-state index is 13.1. The zero-order chi connectivity index (χ0) is 10.8. The summed E-state index contributed by atoms with van der Waals surface area (Å²) in [6, 6.07) is 6.11. The van der Waals surface area contributed by atoms with Crippen LogP contribution in [0.1, 0.15) is 5.56 Å². The van der Waals surface area contributed by atoms with E-state index in [9.17, 15) is 9.60 Å². The maximum absolute atomic E-state index is 13.1. The van der Waals surface area contributed by atoms with Crippen molar-refractivity contribution in [3.05, 3.63) is 58.3 Å². The number of halogens is 2. The fourth-order valence-corrected chi connectivity index (χ4v) is 1.43. The summed E-state index contributed by atoms with van der Waals surface area (Å²) in [6.07, 6.45) is 3.01. The second kappa shape index (κ2) is 3.90. The van der Waals surface area contributed by atoms with Gasteiger partial charge < -0.3 is 5.21 Å². The lowest BCUT2D eigenvalue weighted by Crippen LogP contribution is -2.36. The van der Waals surface area contributed by atoms with Crippen LogP contribution < -0.4 is 4.85 Å². The van der Waals surface area contributed by atoms with Crippen LogP contribution in [0.5, 0.6) is 0 Å². The predicted molar refractivity (Wildman–Crippen MR) is 53.9 cm³/mol. The van der Waals surface area contributed by atoms with Crippen molar-refractivity contribution in [3.63, 3.8) is 0 Å². The van der Waals surface area contributed by atoms with Gasteiger partial charge in [0.2, 0.25) is 6.20 Å². The Morgan fingerprint density at radius 2 is 2.27 bits per heavy atom. The largest absolute Gasteiger partial charge is 0.596 e. The summed E-state index contributed by atoms with van der Waals surface area (Å²) in [6.45, 7) is 0.324. The Hall–Kier alpha value is -1.55. The summed E-state index contributed by atoms with van der Waals surface area (Å²) >= 11 is 5.55. The molecular weight excluding hydrogens is 219 g/mol. The third-order valence-electron chi connectivity index (χ3n) is 2.05. The molecule has 3 nitrogen and oxygen atoms in total. The minimum atomic E-state index is -0.473. The van der Waals surface area contributed by atoms with E-state index in [1.165, 1.54) is 23.0 Å².